The topological polar surface area (TPSA) is 56.7 Å². The van der Waals surface area contributed by atoms with Crippen molar-refractivity contribution < 1.29 is 4.42 Å². The maximum absolute atomic E-state index is 6.35. The zero-order valence-electron chi connectivity index (χ0n) is 30.7. The highest BCUT2D eigenvalue weighted by molar-refractivity contribution is 6.10. The first kappa shape index (κ1) is 31.7. The van der Waals surface area contributed by atoms with E-state index in [2.05, 4.69) is 168 Å². The first-order chi connectivity index (χ1) is 28.3. The van der Waals surface area contributed by atoms with Crippen molar-refractivity contribution in [2.45, 2.75) is 5.41 Å². The minimum atomic E-state index is -0.867. The number of benzene rings is 8. The van der Waals surface area contributed by atoms with E-state index in [0.717, 1.165) is 71.9 Å². The number of rotatable bonds is 5. The Kier molecular flexibility index (Phi) is 6.78. The van der Waals surface area contributed by atoms with Gasteiger partial charge in [-0.15, -0.1) is 0 Å². The lowest BCUT2D eigenvalue weighted by atomic mass is 9.71. The number of furan rings is 1. The normalized spacial score (nSPS) is 13.1. The number of nitrogens with zero attached hydrogens (tertiary/aromatic N) is 4. The SMILES string of the molecule is c1ccc(-c2nc(-c3ccc4c(c3)c3ccccc3n4-c3ccccc3)nc(C3(c4ccc5oc6ccccc6c5c4)c4ccccc4-c4ccccc43)n2)cc1. The van der Waals surface area contributed by atoms with E-state index in [0.29, 0.717) is 17.5 Å². The fourth-order valence-corrected chi connectivity index (χ4v) is 9.23. The molecule has 0 amide bonds. The minimum absolute atomic E-state index is 0.619. The molecule has 266 valence electrons. The zero-order chi connectivity index (χ0) is 37.5. The van der Waals surface area contributed by atoms with E-state index in [1.54, 1.807) is 0 Å². The summed E-state index contributed by atoms with van der Waals surface area (Å²) < 4.78 is 8.69. The Morgan fingerprint density at radius 3 is 1.77 bits per heavy atom. The Bertz CT molecular complexity index is 3320. The lowest BCUT2D eigenvalue weighted by Gasteiger charge is -2.32. The average Bonchev–Trinajstić information content (AvgIpc) is 3.93. The molecule has 1 aliphatic carbocycles. The highest BCUT2D eigenvalue weighted by atomic mass is 16.3. The van der Waals surface area contributed by atoms with Gasteiger partial charge in [-0.2, -0.15) is 0 Å². The summed E-state index contributed by atoms with van der Waals surface area (Å²) >= 11 is 0. The van der Waals surface area contributed by atoms with Crippen molar-refractivity contribution in [2.24, 2.45) is 0 Å². The summed E-state index contributed by atoms with van der Waals surface area (Å²) in [5.74, 6) is 1.91. The highest BCUT2D eigenvalue weighted by Crippen LogP contribution is 2.56. The van der Waals surface area contributed by atoms with E-state index < -0.39 is 5.41 Å². The molecule has 0 saturated carbocycles. The van der Waals surface area contributed by atoms with E-state index in [4.69, 9.17) is 19.4 Å². The van der Waals surface area contributed by atoms with Crippen LogP contribution >= 0.6 is 0 Å². The van der Waals surface area contributed by atoms with Crippen molar-refractivity contribution in [1.82, 2.24) is 19.5 Å². The van der Waals surface area contributed by atoms with Crippen molar-refractivity contribution in [1.29, 1.82) is 0 Å². The van der Waals surface area contributed by atoms with Crippen LogP contribution in [0, 0.1) is 0 Å². The van der Waals surface area contributed by atoms with Crippen LogP contribution in [-0.4, -0.2) is 19.5 Å². The molecule has 0 bridgehead atoms. The minimum Gasteiger partial charge on any atom is -0.456 e. The van der Waals surface area contributed by atoms with E-state index in [1.807, 2.05) is 30.3 Å². The number of hydrogen-bond donors (Lipinski definition) is 0. The molecule has 0 N–H and O–H groups in total. The summed E-state index contributed by atoms with van der Waals surface area (Å²) in [6.45, 7) is 0. The van der Waals surface area contributed by atoms with Crippen LogP contribution in [0.5, 0.6) is 0 Å². The monoisotopic (exact) mass is 728 g/mol. The van der Waals surface area contributed by atoms with Gasteiger partial charge in [-0.05, 0) is 82.4 Å². The quantitative estimate of drug-likeness (QED) is 0.177. The zero-order valence-corrected chi connectivity index (χ0v) is 30.7. The largest absolute Gasteiger partial charge is 0.456 e. The van der Waals surface area contributed by atoms with Crippen LogP contribution in [0.1, 0.15) is 22.5 Å². The Hall–Kier alpha value is -7.63. The Balaban J connectivity index is 1.17. The van der Waals surface area contributed by atoms with Crippen LogP contribution < -0.4 is 0 Å². The van der Waals surface area contributed by atoms with Crippen LogP contribution in [0.2, 0.25) is 0 Å². The standard InChI is InChI=1S/C52H32N4O/c1-3-15-33(16-4-1)49-53-50(34-27-29-46-41(31-34)39-21-9-13-25-45(39)56(46)36-17-5-2-6-18-36)55-51(54-49)52(43-23-11-7-19-37(43)38-20-8-12-24-44(38)52)35-28-30-48-42(32-35)40-22-10-14-26-47(40)57-48/h1-32H. The van der Waals surface area contributed by atoms with Gasteiger partial charge >= 0.3 is 0 Å². The third-order valence-electron chi connectivity index (χ3n) is 11.7. The molecule has 3 heterocycles. The molecule has 5 nitrogen and oxygen atoms in total. The molecule has 0 unspecified atom stereocenters. The molecule has 12 rings (SSSR count). The number of fused-ring (bicyclic) bond motifs is 9. The second-order valence-corrected chi connectivity index (χ2v) is 14.7. The Morgan fingerprint density at radius 2 is 1.00 bits per heavy atom. The molecule has 57 heavy (non-hydrogen) atoms. The lowest BCUT2D eigenvalue weighted by Crippen LogP contribution is -2.31. The molecule has 11 aromatic rings. The van der Waals surface area contributed by atoms with Crippen molar-refractivity contribution >= 4 is 43.7 Å². The summed E-state index contributed by atoms with van der Waals surface area (Å²) in [7, 11) is 0. The van der Waals surface area contributed by atoms with Gasteiger partial charge in [0.25, 0.3) is 0 Å². The van der Waals surface area contributed by atoms with Crippen molar-refractivity contribution in [3.63, 3.8) is 0 Å². The predicted molar refractivity (Wildman–Crippen MR) is 230 cm³/mol. The first-order valence-corrected chi connectivity index (χ1v) is 19.3. The smallest absolute Gasteiger partial charge is 0.163 e. The summed E-state index contributed by atoms with van der Waals surface area (Å²) in [4.78, 5) is 16.4. The van der Waals surface area contributed by atoms with Gasteiger partial charge in [-0.1, -0.05) is 140 Å². The van der Waals surface area contributed by atoms with Gasteiger partial charge in [0.05, 0.1) is 11.0 Å². The molecule has 1 aliphatic rings. The van der Waals surface area contributed by atoms with E-state index in [1.165, 1.54) is 16.5 Å². The molecule has 0 aliphatic heterocycles. The molecule has 5 heteroatoms. The molecule has 0 fully saturated rings. The maximum Gasteiger partial charge on any atom is 0.163 e. The Morgan fingerprint density at radius 1 is 0.404 bits per heavy atom. The number of para-hydroxylation sites is 3. The third-order valence-corrected chi connectivity index (χ3v) is 11.7. The third kappa shape index (κ3) is 4.60. The van der Waals surface area contributed by atoms with Crippen LogP contribution in [0.15, 0.2) is 199 Å². The van der Waals surface area contributed by atoms with Crippen LogP contribution in [0.3, 0.4) is 0 Å². The molecule has 3 aromatic heterocycles. The van der Waals surface area contributed by atoms with E-state index in [9.17, 15) is 0 Å². The average molecular weight is 729 g/mol. The fourth-order valence-electron chi connectivity index (χ4n) is 9.23. The molecular weight excluding hydrogens is 697 g/mol. The highest BCUT2D eigenvalue weighted by Gasteiger charge is 2.49. The van der Waals surface area contributed by atoms with Crippen LogP contribution in [-0.2, 0) is 5.41 Å². The van der Waals surface area contributed by atoms with Gasteiger partial charge in [0.2, 0.25) is 0 Å². The van der Waals surface area contributed by atoms with Gasteiger partial charge in [0.15, 0.2) is 17.5 Å². The van der Waals surface area contributed by atoms with Crippen LogP contribution in [0.25, 0.3) is 83.3 Å². The van der Waals surface area contributed by atoms with E-state index >= 15 is 0 Å². The first-order valence-electron chi connectivity index (χ1n) is 19.3. The predicted octanol–water partition coefficient (Wildman–Crippen LogP) is 12.6. The van der Waals surface area contributed by atoms with Gasteiger partial charge in [0, 0.05) is 38.4 Å². The fraction of sp³-hybridized carbons (Fsp3) is 0.0192. The van der Waals surface area contributed by atoms with Gasteiger partial charge in [0.1, 0.15) is 16.6 Å². The number of hydrogen-bond acceptors (Lipinski definition) is 4. The molecule has 8 aromatic carbocycles. The van der Waals surface area contributed by atoms with Crippen molar-refractivity contribution in [3.8, 4) is 39.6 Å². The lowest BCUT2D eigenvalue weighted by molar-refractivity contribution is 0.666. The molecule has 0 atom stereocenters. The van der Waals surface area contributed by atoms with Crippen LogP contribution in [0.4, 0.5) is 0 Å². The van der Waals surface area contributed by atoms with E-state index in [-0.39, 0.29) is 0 Å². The van der Waals surface area contributed by atoms with Gasteiger partial charge in [-0.25, -0.2) is 15.0 Å². The van der Waals surface area contributed by atoms with Crippen molar-refractivity contribution in [2.75, 3.05) is 0 Å². The molecule has 0 spiro atoms. The van der Waals surface area contributed by atoms with Crippen molar-refractivity contribution in [3.05, 3.63) is 217 Å². The summed E-state index contributed by atoms with van der Waals surface area (Å²) in [6.07, 6.45) is 0. The summed E-state index contributed by atoms with van der Waals surface area (Å²) in [5.41, 5.74) is 11.8. The summed E-state index contributed by atoms with van der Waals surface area (Å²) in [5, 5.41) is 4.45. The maximum atomic E-state index is 6.35. The molecule has 0 saturated heterocycles. The van der Waals surface area contributed by atoms with Gasteiger partial charge < -0.3 is 8.98 Å². The second-order valence-electron chi connectivity index (χ2n) is 14.7. The molecular formula is C52H32N4O. The number of aromatic nitrogens is 4. The second kappa shape index (κ2) is 12.2. The Labute approximate surface area is 328 Å². The van der Waals surface area contributed by atoms with Gasteiger partial charge in [-0.3, -0.25) is 0 Å². The molecule has 0 radical (unpaired) electrons. The summed E-state index contributed by atoms with van der Waals surface area (Å²) in [6, 6.07) is 68.3.